The van der Waals surface area contributed by atoms with Gasteiger partial charge in [-0.05, 0) is 43.9 Å². The Morgan fingerprint density at radius 2 is 2.22 bits per heavy atom. The van der Waals surface area contributed by atoms with E-state index in [0.29, 0.717) is 0 Å². The van der Waals surface area contributed by atoms with E-state index in [1.54, 1.807) is 16.7 Å². The number of hydrazine groups is 1. The van der Waals surface area contributed by atoms with Crippen LogP contribution in [0.1, 0.15) is 22.8 Å². The van der Waals surface area contributed by atoms with Crippen molar-refractivity contribution in [2.24, 2.45) is 5.84 Å². The van der Waals surface area contributed by atoms with Crippen LogP contribution in [0.4, 0.5) is 5.69 Å². The van der Waals surface area contributed by atoms with Crippen LogP contribution in [0.25, 0.3) is 0 Å². The van der Waals surface area contributed by atoms with Crippen molar-refractivity contribution < 1.29 is 4.79 Å². The van der Waals surface area contributed by atoms with Gasteiger partial charge in [-0.3, -0.25) is 10.6 Å². The molecule has 0 saturated carbocycles. The highest BCUT2D eigenvalue weighted by Gasteiger charge is 2.18. The van der Waals surface area contributed by atoms with Crippen LogP contribution in [0, 0.1) is 6.92 Å². The molecule has 1 aromatic rings. The Morgan fingerprint density at radius 1 is 1.56 bits per heavy atom. The number of nitrogens with one attached hydrogen (secondary N) is 1. The first-order valence-electron chi connectivity index (χ1n) is 5.84. The van der Waals surface area contributed by atoms with Gasteiger partial charge in [0.05, 0.1) is 0 Å². The zero-order valence-corrected chi connectivity index (χ0v) is 12.2. The van der Waals surface area contributed by atoms with E-state index in [1.165, 1.54) is 0 Å². The molecule has 0 fully saturated rings. The molecule has 1 unspecified atom stereocenters. The van der Waals surface area contributed by atoms with Crippen molar-refractivity contribution in [2.45, 2.75) is 19.9 Å². The van der Waals surface area contributed by atoms with Crippen LogP contribution in [-0.2, 0) is 0 Å². The fourth-order valence-corrected chi connectivity index (χ4v) is 2.44. The Labute approximate surface area is 113 Å². The van der Waals surface area contributed by atoms with Crippen LogP contribution in [0.15, 0.2) is 18.2 Å². The van der Waals surface area contributed by atoms with E-state index in [2.05, 4.69) is 12.3 Å². The molecule has 0 spiro atoms. The maximum Gasteiger partial charge on any atom is 0.254 e. The SMILES string of the molecule is CSCC(C)N(C)C(=O)c1ccc(NN)cc1C. The summed E-state index contributed by atoms with van der Waals surface area (Å²) in [6.45, 7) is 3.97. The van der Waals surface area contributed by atoms with Gasteiger partial charge in [-0.25, -0.2) is 0 Å². The largest absolute Gasteiger partial charge is 0.338 e. The summed E-state index contributed by atoms with van der Waals surface area (Å²) in [7, 11) is 1.84. The number of amides is 1. The van der Waals surface area contributed by atoms with E-state index >= 15 is 0 Å². The van der Waals surface area contributed by atoms with E-state index in [1.807, 2.05) is 38.4 Å². The van der Waals surface area contributed by atoms with Crippen LogP contribution < -0.4 is 11.3 Å². The van der Waals surface area contributed by atoms with Gasteiger partial charge < -0.3 is 10.3 Å². The van der Waals surface area contributed by atoms with Crippen molar-refractivity contribution >= 4 is 23.4 Å². The predicted octanol–water partition coefficient (Wildman–Crippen LogP) is 2.10. The summed E-state index contributed by atoms with van der Waals surface area (Å²) in [6.07, 6.45) is 2.04. The van der Waals surface area contributed by atoms with Gasteiger partial charge in [-0.2, -0.15) is 11.8 Å². The Balaban J connectivity index is 2.90. The van der Waals surface area contributed by atoms with E-state index < -0.39 is 0 Å². The maximum absolute atomic E-state index is 12.3. The summed E-state index contributed by atoms with van der Waals surface area (Å²) in [5.74, 6) is 6.33. The molecule has 0 heterocycles. The fourth-order valence-electron chi connectivity index (χ4n) is 1.74. The molecule has 4 nitrogen and oxygen atoms in total. The Bertz CT molecular complexity index is 423. The van der Waals surface area contributed by atoms with Crippen molar-refractivity contribution in [1.29, 1.82) is 0 Å². The van der Waals surface area contributed by atoms with E-state index in [0.717, 1.165) is 22.6 Å². The number of nitrogens with zero attached hydrogens (tertiary/aromatic N) is 1. The third-order valence-electron chi connectivity index (χ3n) is 3.01. The molecule has 1 atom stereocenters. The highest BCUT2D eigenvalue weighted by Crippen LogP contribution is 2.17. The van der Waals surface area contributed by atoms with Gasteiger partial charge >= 0.3 is 0 Å². The minimum absolute atomic E-state index is 0.0534. The van der Waals surface area contributed by atoms with Crippen LogP contribution in [0.2, 0.25) is 0 Å². The van der Waals surface area contributed by atoms with Crippen molar-refractivity contribution in [3.05, 3.63) is 29.3 Å². The van der Waals surface area contributed by atoms with Gasteiger partial charge in [0.25, 0.3) is 5.91 Å². The Morgan fingerprint density at radius 3 is 2.72 bits per heavy atom. The first-order valence-corrected chi connectivity index (χ1v) is 7.24. The summed E-state index contributed by atoms with van der Waals surface area (Å²) < 4.78 is 0. The lowest BCUT2D eigenvalue weighted by molar-refractivity contribution is 0.0757. The number of benzene rings is 1. The van der Waals surface area contributed by atoms with E-state index in [4.69, 9.17) is 5.84 Å². The maximum atomic E-state index is 12.3. The number of thioether (sulfide) groups is 1. The second-order valence-electron chi connectivity index (χ2n) is 4.39. The molecule has 0 saturated heterocycles. The summed E-state index contributed by atoms with van der Waals surface area (Å²) >= 11 is 1.74. The first-order chi connectivity index (χ1) is 8.51. The second kappa shape index (κ2) is 6.66. The third-order valence-corrected chi connectivity index (χ3v) is 3.83. The fraction of sp³-hybridized carbons (Fsp3) is 0.462. The summed E-state index contributed by atoms with van der Waals surface area (Å²) in [5.41, 5.74) is 5.04. The Kier molecular flexibility index (Phi) is 5.50. The highest BCUT2D eigenvalue weighted by atomic mass is 32.2. The van der Waals surface area contributed by atoms with Crippen molar-refractivity contribution in [1.82, 2.24) is 4.90 Å². The number of hydrogen-bond donors (Lipinski definition) is 2. The summed E-state index contributed by atoms with van der Waals surface area (Å²) in [6, 6.07) is 5.72. The van der Waals surface area contributed by atoms with Crippen molar-refractivity contribution in [3.8, 4) is 0 Å². The number of hydrogen-bond acceptors (Lipinski definition) is 4. The summed E-state index contributed by atoms with van der Waals surface area (Å²) in [4.78, 5) is 14.1. The predicted molar refractivity (Wildman–Crippen MR) is 78.9 cm³/mol. The molecular weight excluding hydrogens is 246 g/mol. The van der Waals surface area contributed by atoms with E-state index in [9.17, 15) is 4.79 Å². The molecule has 1 rings (SSSR count). The number of carbonyl (C=O) groups excluding carboxylic acids is 1. The van der Waals surface area contributed by atoms with Gasteiger partial charge in [0, 0.05) is 30.1 Å². The topological polar surface area (TPSA) is 58.4 Å². The van der Waals surface area contributed by atoms with Gasteiger partial charge in [-0.15, -0.1) is 0 Å². The zero-order valence-electron chi connectivity index (χ0n) is 11.4. The normalized spacial score (nSPS) is 12.1. The van der Waals surface area contributed by atoms with Gasteiger partial charge in [-0.1, -0.05) is 0 Å². The average molecular weight is 267 g/mol. The quantitative estimate of drug-likeness (QED) is 0.633. The number of rotatable bonds is 5. The number of anilines is 1. The Hall–Kier alpha value is -1.20. The number of nitrogens with two attached hydrogens (primary N) is 1. The van der Waals surface area contributed by atoms with Crippen LogP contribution >= 0.6 is 11.8 Å². The van der Waals surface area contributed by atoms with Gasteiger partial charge in [0.2, 0.25) is 0 Å². The molecule has 0 aliphatic rings. The van der Waals surface area contributed by atoms with Crippen LogP contribution in [-0.4, -0.2) is 35.9 Å². The molecular formula is C13H21N3OS. The molecule has 0 bridgehead atoms. The number of aryl methyl sites for hydroxylation is 1. The third kappa shape index (κ3) is 3.40. The molecule has 0 radical (unpaired) electrons. The molecule has 0 aromatic heterocycles. The zero-order chi connectivity index (χ0) is 13.7. The lowest BCUT2D eigenvalue weighted by Gasteiger charge is -2.25. The molecule has 0 aliphatic carbocycles. The average Bonchev–Trinajstić information content (AvgIpc) is 2.37. The molecule has 100 valence electrons. The molecule has 0 aliphatic heterocycles. The van der Waals surface area contributed by atoms with Crippen molar-refractivity contribution in [2.75, 3.05) is 24.5 Å². The molecule has 1 amide bonds. The van der Waals surface area contributed by atoms with Gasteiger partial charge in [0.1, 0.15) is 0 Å². The highest BCUT2D eigenvalue weighted by molar-refractivity contribution is 7.98. The molecule has 18 heavy (non-hydrogen) atoms. The lowest BCUT2D eigenvalue weighted by Crippen LogP contribution is -2.36. The van der Waals surface area contributed by atoms with Crippen molar-refractivity contribution in [3.63, 3.8) is 0 Å². The number of nitrogen functional groups attached to an aromatic ring is 1. The van der Waals surface area contributed by atoms with E-state index in [-0.39, 0.29) is 11.9 Å². The van der Waals surface area contributed by atoms with Crippen LogP contribution in [0.5, 0.6) is 0 Å². The lowest BCUT2D eigenvalue weighted by atomic mass is 10.1. The monoisotopic (exact) mass is 267 g/mol. The smallest absolute Gasteiger partial charge is 0.254 e. The second-order valence-corrected chi connectivity index (χ2v) is 5.31. The minimum Gasteiger partial charge on any atom is -0.338 e. The molecule has 1 aromatic carbocycles. The standard InChI is InChI=1S/C13H21N3OS/c1-9-7-11(15-14)5-6-12(9)13(17)16(3)10(2)8-18-4/h5-7,10,15H,8,14H2,1-4H3. The van der Waals surface area contributed by atoms with Gasteiger partial charge in [0.15, 0.2) is 0 Å². The minimum atomic E-state index is 0.0534. The van der Waals surface area contributed by atoms with Crippen LogP contribution in [0.3, 0.4) is 0 Å². The number of carbonyl (C=O) groups is 1. The summed E-state index contributed by atoms with van der Waals surface area (Å²) in [5, 5.41) is 0. The first kappa shape index (κ1) is 14.9. The molecule has 5 heteroatoms. The molecule has 3 N–H and O–H groups in total.